The molecule has 1 heterocycles. The lowest BCUT2D eigenvalue weighted by molar-refractivity contribution is -0.161. The number of benzene rings is 2. The van der Waals surface area contributed by atoms with Crippen LogP contribution in [0.2, 0.25) is 10.0 Å². The number of sulfone groups is 1. The van der Waals surface area contributed by atoms with Crippen LogP contribution in [-0.2, 0) is 25.3 Å². The van der Waals surface area contributed by atoms with Crippen molar-refractivity contribution in [3.05, 3.63) is 64.1 Å². The zero-order chi connectivity index (χ0) is 25.6. The summed E-state index contributed by atoms with van der Waals surface area (Å²) in [5.41, 5.74) is -1.79. The highest BCUT2D eigenvalue weighted by atomic mass is 35.5. The molecule has 1 saturated heterocycles. The first-order valence-electron chi connectivity index (χ1n) is 10.6. The van der Waals surface area contributed by atoms with Gasteiger partial charge in [-0.05, 0) is 43.5 Å². The van der Waals surface area contributed by atoms with Crippen molar-refractivity contribution in [3.63, 3.8) is 0 Å². The number of nitriles is 1. The second-order valence-corrected chi connectivity index (χ2v) is 11.6. The normalized spacial score (nSPS) is 21.3. The lowest BCUT2D eigenvalue weighted by Gasteiger charge is -2.28. The van der Waals surface area contributed by atoms with Crippen LogP contribution >= 0.6 is 23.2 Å². The molecule has 1 N–H and O–H groups in total. The summed E-state index contributed by atoms with van der Waals surface area (Å²) in [6.07, 6.45) is 0.319. The van der Waals surface area contributed by atoms with Gasteiger partial charge in [0.05, 0.1) is 21.2 Å². The Labute approximate surface area is 210 Å². The minimum atomic E-state index is -4.18. The van der Waals surface area contributed by atoms with Gasteiger partial charge in [0.1, 0.15) is 11.6 Å². The average molecular weight is 542 g/mol. The fourth-order valence-corrected chi connectivity index (χ4v) is 6.37. The Kier molecular flexibility index (Phi) is 6.55. The number of carbonyl (C=O) groups excluding carboxylic acids is 2. The molecule has 184 valence electrons. The Morgan fingerprint density at radius 2 is 1.74 bits per heavy atom. The third-order valence-electron chi connectivity index (χ3n) is 6.21. The van der Waals surface area contributed by atoms with Crippen molar-refractivity contribution in [1.82, 2.24) is 10.2 Å². The summed E-state index contributed by atoms with van der Waals surface area (Å²) in [7, 11) is -4.18. The largest absolute Gasteiger partial charge is 0.349 e. The monoisotopic (exact) mass is 541 g/mol. The summed E-state index contributed by atoms with van der Waals surface area (Å²) in [6.45, 7) is -0.646. The molecule has 2 fully saturated rings. The Balaban J connectivity index is 1.69. The first kappa shape index (κ1) is 25.4. The molecule has 1 saturated carbocycles. The van der Waals surface area contributed by atoms with E-state index in [0.717, 1.165) is 12.1 Å². The van der Waals surface area contributed by atoms with E-state index in [1.807, 2.05) is 6.07 Å². The van der Waals surface area contributed by atoms with Crippen molar-refractivity contribution in [2.45, 2.75) is 46.9 Å². The second-order valence-electron chi connectivity index (χ2n) is 8.57. The molecular weight excluding hydrogens is 523 g/mol. The van der Waals surface area contributed by atoms with Crippen LogP contribution in [0.1, 0.15) is 24.8 Å². The average Bonchev–Trinajstić information content (AvgIpc) is 3.44. The highest BCUT2D eigenvalue weighted by Gasteiger charge is 2.54. The summed E-state index contributed by atoms with van der Waals surface area (Å²) in [4.78, 5) is 26.4. The quantitative estimate of drug-likeness (QED) is 0.599. The number of nitrogens with one attached hydrogen (secondary N) is 1. The number of rotatable bonds is 6. The number of amides is 2. The molecule has 2 aromatic carbocycles. The van der Waals surface area contributed by atoms with E-state index < -0.39 is 62.9 Å². The van der Waals surface area contributed by atoms with Gasteiger partial charge < -0.3 is 10.2 Å². The minimum absolute atomic E-state index is 0.0637. The number of nitrogens with zero attached hydrogens (tertiary/aromatic N) is 2. The van der Waals surface area contributed by atoms with Crippen LogP contribution < -0.4 is 5.32 Å². The van der Waals surface area contributed by atoms with E-state index in [4.69, 9.17) is 23.2 Å². The molecule has 2 aromatic rings. The van der Waals surface area contributed by atoms with E-state index in [9.17, 15) is 23.3 Å². The van der Waals surface area contributed by atoms with Gasteiger partial charge in [0, 0.05) is 17.1 Å². The maximum absolute atomic E-state index is 15.2. The summed E-state index contributed by atoms with van der Waals surface area (Å²) in [5.74, 6) is -6.64. The standard InChI is InChI=1S/C23H19Cl2F2N3O4S/c24-15-7-5-14(6-8-15)23(26,27)21(32)30-12-16(35(33,34)19-4-2-1-3-17(19)25)11-18(30)20(31)29-22(13-28)9-10-22/h1-8,16,18H,9-12H2,(H,29,31)/t16-,18+/m1/s1. The van der Waals surface area contributed by atoms with E-state index in [1.165, 1.54) is 36.4 Å². The van der Waals surface area contributed by atoms with Crippen LogP contribution in [0.15, 0.2) is 53.4 Å². The summed E-state index contributed by atoms with van der Waals surface area (Å²) < 4.78 is 57.0. The molecule has 1 aliphatic carbocycles. The summed E-state index contributed by atoms with van der Waals surface area (Å²) in [5, 5.41) is 10.5. The van der Waals surface area contributed by atoms with Crippen molar-refractivity contribution in [1.29, 1.82) is 5.26 Å². The molecule has 0 radical (unpaired) electrons. The van der Waals surface area contributed by atoms with Gasteiger partial charge in [0.25, 0.3) is 5.91 Å². The number of carbonyl (C=O) groups is 2. The summed E-state index contributed by atoms with van der Waals surface area (Å²) in [6, 6.07) is 10.4. The van der Waals surface area contributed by atoms with Gasteiger partial charge in [-0.15, -0.1) is 0 Å². The first-order valence-corrected chi connectivity index (χ1v) is 12.9. The third kappa shape index (κ3) is 4.73. The molecule has 2 aliphatic rings. The maximum atomic E-state index is 15.2. The predicted molar refractivity (Wildman–Crippen MR) is 124 cm³/mol. The maximum Gasteiger partial charge on any atom is 0.349 e. The fourth-order valence-electron chi connectivity index (χ4n) is 4.02. The highest BCUT2D eigenvalue weighted by Crippen LogP contribution is 2.39. The third-order valence-corrected chi connectivity index (χ3v) is 9.09. The molecule has 0 unspecified atom stereocenters. The van der Waals surface area contributed by atoms with Gasteiger partial charge in [-0.1, -0.05) is 47.5 Å². The van der Waals surface area contributed by atoms with E-state index >= 15 is 8.78 Å². The second kappa shape index (κ2) is 9.04. The highest BCUT2D eigenvalue weighted by molar-refractivity contribution is 7.92. The predicted octanol–water partition coefficient (Wildman–Crippen LogP) is 3.70. The van der Waals surface area contributed by atoms with Crippen LogP contribution in [0.25, 0.3) is 0 Å². The Hall–Kier alpha value is -2.74. The van der Waals surface area contributed by atoms with Gasteiger partial charge in [-0.25, -0.2) is 8.42 Å². The molecule has 2 atom stereocenters. The summed E-state index contributed by atoms with van der Waals surface area (Å²) >= 11 is 11.8. The van der Waals surface area contributed by atoms with Crippen LogP contribution in [0.4, 0.5) is 8.78 Å². The van der Waals surface area contributed by atoms with Crippen molar-refractivity contribution in [3.8, 4) is 6.07 Å². The van der Waals surface area contributed by atoms with Gasteiger partial charge in [-0.2, -0.15) is 14.0 Å². The number of alkyl halides is 2. The number of hydrogen-bond donors (Lipinski definition) is 1. The van der Waals surface area contributed by atoms with Crippen LogP contribution in [0.5, 0.6) is 0 Å². The molecule has 1 aliphatic heterocycles. The molecule has 0 bridgehead atoms. The lowest BCUT2D eigenvalue weighted by atomic mass is 10.1. The smallest absolute Gasteiger partial charge is 0.336 e. The molecule has 12 heteroatoms. The zero-order valence-electron chi connectivity index (χ0n) is 18.0. The van der Waals surface area contributed by atoms with Crippen molar-refractivity contribution in [2.24, 2.45) is 0 Å². The Morgan fingerprint density at radius 3 is 2.31 bits per heavy atom. The van der Waals surface area contributed by atoms with Crippen molar-refractivity contribution in [2.75, 3.05) is 6.54 Å². The van der Waals surface area contributed by atoms with E-state index in [0.29, 0.717) is 17.7 Å². The van der Waals surface area contributed by atoms with Gasteiger partial charge in [-0.3, -0.25) is 9.59 Å². The lowest BCUT2D eigenvalue weighted by Crippen LogP contribution is -2.52. The molecule has 0 spiro atoms. The number of likely N-dealkylation sites (tertiary alicyclic amines) is 1. The van der Waals surface area contributed by atoms with Gasteiger partial charge >= 0.3 is 5.92 Å². The van der Waals surface area contributed by atoms with Gasteiger partial charge in [0.15, 0.2) is 9.84 Å². The van der Waals surface area contributed by atoms with Crippen LogP contribution in [0, 0.1) is 11.3 Å². The van der Waals surface area contributed by atoms with E-state index in [1.54, 1.807) is 0 Å². The fraction of sp³-hybridized carbons (Fsp3) is 0.348. The molecule has 35 heavy (non-hydrogen) atoms. The van der Waals surface area contributed by atoms with Crippen LogP contribution in [-0.4, -0.2) is 48.5 Å². The molecular formula is C23H19Cl2F2N3O4S. The molecule has 7 nitrogen and oxygen atoms in total. The van der Waals surface area contributed by atoms with E-state index in [-0.39, 0.29) is 14.9 Å². The van der Waals surface area contributed by atoms with E-state index in [2.05, 4.69) is 5.32 Å². The zero-order valence-corrected chi connectivity index (χ0v) is 20.4. The minimum Gasteiger partial charge on any atom is -0.336 e. The number of halogens is 4. The molecule has 4 rings (SSSR count). The number of hydrogen-bond acceptors (Lipinski definition) is 5. The Morgan fingerprint density at radius 1 is 1.11 bits per heavy atom. The van der Waals surface area contributed by atoms with Crippen LogP contribution in [0.3, 0.4) is 0 Å². The SMILES string of the molecule is N#CC1(NC(=O)[C@@H]2C[C@@H](S(=O)(=O)c3ccccc3Cl)CN2C(=O)C(F)(F)c2ccc(Cl)cc2)CC1. The first-order chi connectivity index (χ1) is 16.4. The Bertz CT molecular complexity index is 1330. The van der Waals surface area contributed by atoms with Crippen molar-refractivity contribution < 1.29 is 26.8 Å². The van der Waals surface area contributed by atoms with Gasteiger partial charge in [0.2, 0.25) is 5.91 Å². The van der Waals surface area contributed by atoms with Crippen molar-refractivity contribution >= 4 is 44.9 Å². The topological polar surface area (TPSA) is 107 Å². The molecule has 0 aromatic heterocycles. The molecule has 2 amide bonds.